The maximum Gasteiger partial charge on any atom is 1.00 e. The van der Waals surface area contributed by atoms with Crippen LogP contribution in [0.5, 0.6) is 46.0 Å². The fraction of sp³-hybridized carbons (Fsp3) is 0.130. The average Bonchev–Trinajstić information content (AvgIpc) is 2.83. The van der Waals surface area contributed by atoms with Gasteiger partial charge in [-0.3, -0.25) is 0 Å². The van der Waals surface area contributed by atoms with Gasteiger partial charge in [0.2, 0.25) is 0 Å². The van der Waals surface area contributed by atoms with Gasteiger partial charge in [0, 0.05) is 29.7 Å². The first-order valence-corrected chi connectivity index (χ1v) is 12.1. The third-order valence-corrected chi connectivity index (χ3v) is 5.73. The normalized spacial score (nSPS) is 15.0. The van der Waals surface area contributed by atoms with Gasteiger partial charge in [0.15, 0.2) is 34.9 Å². The van der Waals surface area contributed by atoms with E-state index in [4.69, 9.17) is 33.7 Å². The van der Waals surface area contributed by atoms with E-state index in [1.165, 1.54) is 24.3 Å². The van der Waals surface area contributed by atoms with E-state index in [2.05, 4.69) is 0 Å². The molecule has 1 heterocycles. The van der Waals surface area contributed by atoms with E-state index in [-0.39, 0.29) is 129 Å². The van der Waals surface area contributed by atoms with Crippen LogP contribution in [-0.2, 0) is 15.7 Å². The molecule has 2 atom stereocenters. The van der Waals surface area contributed by atoms with Crippen molar-refractivity contribution < 1.29 is 163 Å². The van der Waals surface area contributed by atoms with Gasteiger partial charge in [-0.25, -0.2) is 4.79 Å². The number of hydrogen-bond acceptors (Lipinski definition) is 15. The van der Waals surface area contributed by atoms with E-state index in [9.17, 15) is 40.5 Å². The molecule has 0 aromatic heterocycles. The maximum absolute atomic E-state index is 12.7. The molecule has 3 aromatic rings. The van der Waals surface area contributed by atoms with E-state index < -0.39 is 54.5 Å². The Labute approximate surface area is 303 Å². The standard InChI is InChI=1S/C22H18O10.CH3O5P.3Na/c23-11-6-14(25)12-8-19(32-22(30)10-4-16(27)20(29)17(28)5-10)21(31-18(12)7-11)9-1-2-13(24)15(26)3-9;2-1(3)7(4,5)6;;;/h1-7,19,21,23-29H,8H2;(H,2,3)(H2,4,5,6);;;/q;;3*+1/p-3. The van der Waals surface area contributed by atoms with Gasteiger partial charge in [-0.1, -0.05) is 6.07 Å². The second kappa shape index (κ2) is 16.3. The number of phenolic OH excluding ortho intramolecular Hbond substituents is 7. The van der Waals surface area contributed by atoms with Crippen LogP contribution in [0.3, 0.4) is 0 Å². The Kier molecular flexibility index (Phi) is 15.6. The van der Waals surface area contributed by atoms with E-state index in [0.717, 1.165) is 18.2 Å². The van der Waals surface area contributed by atoms with Gasteiger partial charge in [-0.15, -0.1) is 0 Å². The fourth-order valence-corrected chi connectivity index (χ4v) is 3.48. The molecule has 0 spiro atoms. The molecule has 4 rings (SSSR count). The Morgan fingerprint density at radius 1 is 0.810 bits per heavy atom. The van der Waals surface area contributed by atoms with Gasteiger partial charge in [0.05, 0.1) is 11.3 Å². The van der Waals surface area contributed by atoms with Gasteiger partial charge in [-0.05, 0) is 31.9 Å². The quantitative estimate of drug-likeness (QED) is 0.0607. The summed E-state index contributed by atoms with van der Waals surface area (Å²) >= 11 is 0. The molecule has 0 saturated carbocycles. The number of carbonyl (C=O) groups excluding carboxylic acids is 2. The molecule has 19 heteroatoms. The van der Waals surface area contributed by atoms with Crippen LogP contribution in [-0.4, -0.2) is 53.5 Å². The average molecular weight is 634 g/mol. The Bertz CT molecular complexity index is 1470. The first-order chi connectivity index (χ1) is 18.1. The molecule has 0 saturated heterocycles. The Hall–Kier alpha value is -1.85. The molecule has 0 bridgehead atoms. The monoisotopic (exact) mass is 634 g/mol. The number of esters is 1. The molecular weight excluding hydrogens is 616 g/mol. The summed E-state index contributed by atoms with van der Waals surface area (Å²) in [6, 6.07) is 8.07. The second-order valence-corrected chi connectivity index (χ2v) is 9.36. The van der Waals surface area contributed by atoms with Gasteiger partial charge >= 0.3 is 94.6 Å². The minimum absolute atomic E-state index is 0. The smallest absolute Gasteiger partial charge is 0.807 e. The summed E-state index contributed by atoms with van der Waals surface area (Å²) in [6.45, 7) is 0. The number of hydrogen-bond donors (Lipinski definition) is 7. The summed E-state index contributed by atoms with van der Waals surface area (Å²) in [6.07, 6.45) is -2.12. The third-order valence-electron chi connectivity index (χ3n) is 5.28. The SMILES string of the molecule is O=C(OC1Cc2c(O)cc(O)cc2OC1c1ccc(O)c(O)c1)c1cc(O)c(O)c(O)c1.O=C([O-])P(=O)([O-])[O-].[Na+].[Na+].[Na+]. The van der Waals surface area contributed by atoms with Crippen LogP contribution in [0.1, 0.15) is 27.6 Å². The predicted octanol–water partition coefficient (Wildman–Crippen LogP) is -9.22. The molecule has 3 aromatic carbocycles. The number of carbonyl (C=O) groups is 2. The van der Waals surface area contributed by atoms with Crippen LogP contribution >= 0.6 is 7.60 Å². The fourth-order valence-electron chi connectivity index (χ4n) is 3.48. The number of rotatable bonds is 4. The zero-order valence-electron chi connectivity index (χ0n) is 22.2. The molecule has 15 nitrogen and oxygen atoms in total. The van der Waals surface area contributed by atoms with E-state index in [1.54, 1.807) is 0 Å². The molecule has 1 aliphatic heterocycles. The van der Waals surface area contributed by atoms with Gasteiger partial charge in [0.1, 0.15) is 23.4 Å². The molecule has 0 radical (unpaired) electrons. The zero-order valence-corrected chi connectivity index (χ0v) is 29.1. The van der Waals surface area contributed by atoms with Gasteiger partial charge in [-0.2, -0.15) is 0 Å². The van der Waals surface area contributed by atoms with Crippen LogP contribution in [0.4, 0.5) is 4.79 Å². The first-order valence-electron chi connectivity index (χ1n) is 10.5. The van der Waals surface area contributed by atoms with Crippen LogP contribution in [0.15, 0.2) is 42.5 Å². The number of aromatic hydroxyl groups is 7. The Balaban J connectivity index is 0.00000151. The van der Waals surface area contributed by atoms with Crippen LogP contribution in [0.25, 0.3) is 0 Å². The van der Waals surface area contributed by atoms with Crippen molar-refractivity contribution in [3.63, 3.8) is 0 Å². The van der Waals surface area contributed by atoms with Crippen molar-refractivity contribution in [3.8, 4) is 46.0 Å². The molecule has 0 aliphatic carbocycles. The molecule has 208 valence electrons. The summed E-state index contributed by atoms with van der Waals surface area (Å²) < 4.78 is 20.5. The van der Waals surface area contributed by atoms with E-state index in [1.807, 2.05) is 0 Å². The van der Waals surface area contributed by atoms with Gasteiger partial charge < -0.3 is 69.5 Å². The zero-order chi connectivity index (χ0) is 29.2. The van der Waals surface area contributed by atoms with Crippen molar-refractivity contribution in [2.24, 2.45) is 0 Å². The number of phenols is 7. The van der Waals surface area contributed by atoms with Crippen LogP contribution in [0.2, 0.25) is 0 Å². The van der Waals surface area contributed by atoms with E-state index >= 15 is 0 Å². The summed E-state index contributed by atoms with van der Waals surface area (Å²) in [4.78, 5) is 40.0. The predicted molar refractivity (Wildman–Crippen MR) is 120 cm³/mol. The van der Waals surface area contributed by atoms with Gasteiger partial charge in [0.25, 0.3) is 0 Å². The minimum Gasteiger partial charge on any atom is -0.807 e. The molecular formula is C23H18Na3O15P. The largest absolute Gasteiger partial charge is 1.00 e. The second-order valence-electron chi connectivity index (χ2n) is 8.00. The summed E-state index contributed by atoms with van der Waals surface area (Å²) in [5.41, 5.74) is -2.24. The van der Waals surface area contributed by atoms with Crippen molar-refractivity contribution >= 4 is 19.3 Å². The van der Waals surface area contributed by atoms with Crippen molar-refractivity contribution in [1.82, 2.24) is 0 Å². The number of ether oxygens (including phenoxy) is 2. The van der Waals surface area contributed by atoms with Crippen molar-refractivity contribution in [2.45, 2.75) is 18.6 Å². The van der Waals surface area contributed by atoms with Crippen LogP contribution < -0.4 is 108 Å². The maximum atomic E-state index is 12.7. The number of carboxylic acid groups (broad SMARTS) is 1. The molecule has 7 N–H and O–H groups in total. The summed E-state index contributed by atoms with van der Waals surface area (Å²) in [7, 11) is -5.43. The van der Waals surface area contributed by atoms with Crippen molar-refractivity contribution in [1.29, 1.82) is 0 Å². The molecule has 0 fully saturated rings. The Morgan fingerprint density at radius 3 is 1.86 bits per heavy atom. The van der Waals surface area contributed by atoms with Crippen LogP contribution in [0, 0.1) is 0 Å². The molecule has 1 aliphatic rings. The number of benzene rings is 3. The summed E-state index contributed by atoms with van der Waals surface area (Å²) in [5, 5.41) is 77.3. The van der Waals surface area contributed by atoms with Crippen molar-refractivity contribution in [3.05, 3.63) is 59.2 Å². The Morgan fingerprint density at radius 2 is 1.36 bits per heavy atom. The first kappa shape index (κ1) is 40.1. The molecule has 42 heavy (non-hydrogen) atoms. The third kappa shape index (κ3) is 9.84. The topological polar surface area (TPSA) is 280 Å². The molecule has 0 amide bonds. The van der Waals surface area contributed by atoms with Crippen molar-refractivity contribution in [2.75, 3.05) is 0 Å². The number of fused-ring (bicyclic) bond motifs is 1. The minimum atomic E-state index is -5.43. The molecule has 2 unspecified atom stereocenters. The van der Waals surface area contributed by atoms with E-state index in [0.29, 0.717) is 5.56 Å². The summed E-state index contributed by atoms with van der Waals surface area (Å²) in [5.74, 6) is -4.43.